The summed E-state index contributed by atoms with van der Waals surface area (Å²) in [6, 6.07) is 1.57. The van der Waals surface area contributed by atoms with Gasteiger partial charge in [-0.15, -0.1) is 0 Å². The number of hydrogen-bond acceptors (Lipinski definition) is 2. The van der Waals surface area contributed by atoms with E-state index in [1.54, 1.807) is 0 Å². The SMILES string of the molecule is CC1CCC(CN2C(C)CC2C)O1. The van der Waals surface area contributed by atoms with Crippen molar-refractivity contribution in [2.75, 3.05) is 6.54 Å². The largest absolute Gasteiger partial charge is 0.374 e. The molecule has 0 aromatic heterocycles. The fourth-order valence-electron chi connectivity index (χ4n) is 2.68. The van der Waals surface area contributed by atoms with Crippen molar-refractivity contribution in [3.63, 3.8) is 0 Å². The van der Waals surface area contributed by atoms with Crippen LogP contribution in [0.4, 0.5) is 0 Å². The summed E-state index contributed by atoms with van der Waals surface area (Å²) in [5.41, 5.74) is 0. The van der Waals surface area contributed by atoms with Crippen LogP contribution in [0.3, 0.4) is 0 Å². The third-order valence-corrected chi connectivity index (χ3v) is 3.55. The van der Waals surface area contributed by atoms with Crippen molar-refractivity contribution in [1.29, 1.82) is 0 Å². The average molecular weight is 183 g/mol. The van der Waals surface area contributed by atoms with E-state index in [0.717, 1.165) is 18.6 Å². The molecule has 76 valence electrons. The van der Waals surface area contributed by atoms with Gasteiger partial charge in [0.1, 0.15) is 0 Å². The molecular weight excluding hydrogens is 162 g/mol. The zero-order chi connectivity index (χ0) is 9.42. The van der Waals surface area contributed by atoms with Crippen LogP contribution >= 0.6 is 0 Å². The second-order valence-corrected chi connectivity index (χ2v) is 4.78. The second kappa shape index (κ2) is 3.58. The maximum absolute atomic E-state index is 5.82. The molecule has 2 heteroatoms. The third-order valence-electron chi connectivity index (χ3n) is 3.55. The lowest BCUT2D eigenvalue weighted by atomic mass is 9.95. The van der Waals surface area contributed by atoms with Gasteiger partial charge in [0.25, 0.3) is 0 Å². The van der Waals surface area contributed by atoms with Crippen LogP contribution in [0.2, 0.25) is 0 Å². The van der Waals surface area contributed by atoms with Gasteiger partial charge in [0.15, 0.2) is 0 Å². The second-order valence-electron chi connectivity index (χ2n) is 4.78. The first-order valence-corrected chi connectivity index (χ1v) is 5.58. The Morgan fingerprint density at radius 2 is 1.85 bits per heavy atom. The molecule has 2 heterocycles. The molecule has 13 heavy (non-hydrogen) atoms. The normalized spacial score (nSPS) is 46.4. The van der Waals surface area contributed by atoms with E-state index < -0.39 is 0 Å². The Kier molecular flexibility index (Phi) is 2.61. The van der Waals surface area contributed by atoms with Crippen molar-refractivity contribution in [1.82, 2.24) is 4.90 Å². The molecule has 0 aliphatic carbocycles. The molecule has 0 aromatic rings. The third kappa shape index (κ3) is 1.89. The molecule has 2 fully saturated rings. The number of ether oxygens (including phenoxy) is 1. The predicted molar refractivity (Wildman–Crippen MR) is 53.8 cm³/mol. The van der Waals surface area contributed by atoms with E-state index in [1.807, 2.05) is 0 Å². The van der Waals surface area contributed by atoms with E-state index in [0.29, 0.717) is 12.2 Å². The smallest absolute Gasteiger partial charge is 0.0706 e. The first-order valence-electron chi connectivity index (χ1n) is 5.58. The molecule has 2 aliphatic rings. The summed E-state index contributed by atoms with van der Waals surface area (Å²) in [5.74, 6) is 0. The Balaban J connectivity index is 1.78. The van der Waals surface area contributed by atoms with E-state index >= 15 is 0 Å². The summed E-state index contributed by atoms with van der Waals surface area (Å²) >= 11 is 0. The molecule has 0 saturated carbocycles. The van der Waals surface area contributed by atoms with E-state index in [1.165, 1.54) is 19.3 Å². The maximum Gasteiger partial charge on any atom is 0.0706 e. The fraction of sp³-hybridized carbons (Fsp3) is 1.00. The summed E-state index contributed by atoms with van der Waals surface area (Å²) in [7, 11) is 0. The summed E-state index contributed by atoms with van der Waals surface area (Å²) in [6.45, 7) is 7.98. The van der Waals surface area contributed by atoms with Gasteiger partial charge in [0, 0.05) is 18.6 Å². The summed E-state index contributed by atoms with van der Waals surface area (Å²) < 4.78 is 5.82. The van der Waals surface area contributed by atoms with Gasteiger partial charge in [0.05, 0.1) is 12.2 Å². The van der Waals surface area contributed by atoms with Crippen LogP contribution in [-0.2, 0) is 4.74 Å². The summed E-state index contributed by atoms with van der Waals surface area (Å²) in [6.07, 6.45) is 4.89. The van der Waals surface area contributed by atoms with Gasteiger partial charge in [-0.1, -0.05) is 0 Å². The van der Waals surface area contributed by atoms with Crippen LogP contribution in [0.1, 0.15) is 40.0 Å². The lowest BCUT2D eigenvalue weighted by Crippen LogP contribution is -2.55. The van der Waals surface area contributed by atoms with Crippen LogP contribution in [0.25, 0.3) is 0 Å². The summed E-state index contributed by atoms with van der Waals surface area (Å²) in [5, 5.41) is 0. The molecule has 0 bridgehead atoms. The van der Waals surface area contributed by atoms with Crippen molar-refractivity contribution in [3.05, 3.63) is 0 Å². The van der Waals surface area contributed by atoms with Crippen LogP contribution in [0.15, 0.2) is 0 Å². The molecule has 4 unspecified atom stereocenters. The predicted octanol–water partition coefficient (Wildman–Crippen LogP) is 2.04. The minimum absolute atomic E-state index is 0.497. The van der Waals surface area contributed by atoms with Gasteiger partial charge in [0.2, 0.25) is 0 Å². The minimum atomic E-state index is 0.497. The van der Waals surface area contributed by atoms with Gasteiger partial charge in [-0.3, -0.25) is 4.90 Å². The highest BCUT2D eigenvalue weighted by atomic mass is 16.5. The topological polar surface area (TPSA) is 12.5 Å². The monoisotopic (exact) mass is 183 g/mol. The Morgan fingerprint density at radius 3 is 2.31 bits per heavy atom. The Bertz CT molecular complexity index is 175. The lowest BCUT2D eigenvalue weighted by molar-refractivity contribution is -0.0293. The molecule has 0 spiro atoms. The molecule has 0 amide bonds. The van der Waals surface area contributed by atoms with Crippen molar-refractivity contribution in [2.45, 2.75) is 64.3 Å². The summed E-state index contributed by atoms with van der Waals surface area (Å²) in [4.78, 5) is 2.57. The highest BCUT2D eigenvalue weighted by molar-refractivity contribution is 4.89. The molecule has 0 radical (unpaired) electrons. The van der Waals surface area contributed by atoms with Crippen molar-refractivity contribution < 1.29 is 4.74 Å². The highest BCUT2D eigenvalue weighted by Gasteiger charge is 2.34. The van der Waals surface area contributed by atoms with Gasteiger partial charge in [-0.05, 0) is 40.0 Å². The average Bonchev–Trinajstić information content (AvgIpc) is 2.48. The van der Waals surface area contributed by atoms with Crippen LogP contribution in [0.5, 0.6) is 0 Å². The number of likely N-dealkylation sites (tertiary alicyclic amines) is 1. The van der Waals surface area contributed by atoms with E-state index in [-0.39, 0.29) is 0 Å². The van der Waals surface area contributed by atoms with Crippen molar-refractivity contribution in [3.8, 4) is 0 Å². The molecule has 4 atom stereocenters. The Labute approximate surface area is 81.3 Å². The Hall–Kier alpha value is -0.0800. The molecule has 2 rings (SSSR count). The molecule has 2 nitrogen and oxygen atoms in total. The first-order chi connectivity index (χ1) is 6.16. The van der Waals surface area contributed by atoms with E-state index in [9.17, 15) is 0 Å². The molecular formula is C11H21NO. The minimum Gasteiger partial charge on any atom is -0.374 e. The molecule has 2 aliphatic heterocycles. The van der Waals surface area contributed by atoms with Crippen LogP contribution in [-0.4, -0.2) is 35.7 Å². The highest BCUT2D eigenvalue weighted by Crippen LogP contribution is 2.28. The standard InChI is InChI=1S/C11H21NO/c1-8-6-9(2)12(8)7-11-5-4-10(3)13-11/h8-11H,4-7H2,1-3H3. The van der Waals surface area contributed by atoms with E-state index in [4.69, 9.17) is 4.74 Å². The molecule has 0 N–H and O–H groups in total. The quantitative estimate of drug-likeness (QED) is 0.649. The van der Waals surface area contributed by atoms with Crippen LogP contribution in [0, 0.1) is 0 Å². The van der Waals surface area contributed by atoms with Gasteiger partial charge >= 0.3 is 0 Å². The van der Waals surface area contributed by atoms with Crippen LogP contribution < -0.4 is 0 Å². The van der Waals surface area contributed by atoms with Gasteiger partial charge < -0.3 is 4.74 Å². The number of hydrogen-bond donors (Lipinski definition) is 0. The maximum atomic E-state index is 5.82. The van der Waals surface area contributed by atoms with E-state index in [2.05, 4.69) is 25.7 Å². The number of rotatable bonds is 2. The van der Waals surface area contributed by atoms with Crippen molar-refractivity contribution in [2.24, 2.45) is 0 Å². The Morgan fingerprint density at radius 1 is 1.15 bits per heavy atom. The zero-order valence-corrected chi connectivity index (χ0v) is 8.99. The molecule has 2 saturated heterocycles. The fourth-order valence-corrected chi connectivity index (χ4v) is 2.68. The van der Waals surface area contributed by atoms with Gasteiger partial charge in [-0.2, -0.15) is 0 Å². The first kappa shape index (κ1) is 9.47. The van der Waals surface area contributed by atoms with Gasteiger partial charge in [-0.25, -0.2) is 0 Å². The van der Waals surface area contributed by atoms with Crippen molar-refractivity contribution >= 4 is 0 Å². The molecule has 0 aromatic carbocycles. The lowest BCUT2D eigenvalue weighted by Gasteiger charge is -2.46. The number of nitrogens with zero attached hydrogens (tertiary/aromatic N) is 1. The zero-order valence-electron chi connectivity index (χ0n) is 8.99.